The highest BCUT2D eigenvalue weighted by molar-refractivity contribution is 7.15. The number of thiazole rings is 1. The maximum atomic E-state index is 11.7. The smallest absolute Gasteiger partial charge is 0.245 e. The summed E-state index contributed by atoms with van der Waals surface area (Å²) in [5.41, 5.74) is 8.49. The Morgan fingerprint density at radius 3 is 2.52 bits per heavy atom. The van der Waals surface area contributed by atoms with Crippen molar-refractivity contribution in [2.24, 2.45) is 5.73 Å². The largest absolute Gasteiger partial charge is 0.346 e. The summed E-state index contributed by atoms with van der Waals surface area (Å²) in [6, 6.07) is 8.34. The van der Waals surface area contributed by atoms with Crippen molar-refractivity contribution in [1.82, 2.24) is 10.3 Å². The number of carbonyl (C=O) groups excluding carboxylic acids is 2. The molecule has 1 aromatic carbocycles. The first kappa shape index (κ1) is 17.1. The lowest BCUT2D eigenvalue weighted by Gasteiger charge is -2.03. The second-order valence-corrected chi connectivity index (χ2v) is 6.30. The van der Waals surface area contributed by atoms with Gasteiger partial charge in [0.1, 0.15) is 0 Å². The van der Waals surface area contributed by atoms with Gasteiger partial charge >= 0.3 is 0 Å². The van der Waals surface area contributed by atoms with Gasteiger partial charge in [0.2, 0.25) is 11.8 Å². The van der Waals surface area contributed by atoms with Crippen LogP contribution in [0.3, 0.4) is 0 Å². The molecular formula is C16H20N4O2S. The van der Waals surface area contributed by atoms with Crippen LogP contribution >= 0.6 is 11.3 Å². The van der Waals surface area contributed by atoms with Gasteiger partial charge in [0.05, 0.1) is 18.8 Å². The number of hydrogen-bond acceptors (Lipinski definition) is 5. The van der Waals surface area contributed by atoms with Crippen molar-refractivity contribution in [2.45, 2.75) is 20.3 Å². The van der Waals surface area contributed by atoms with Crippen LogP contribution in [0.15, 0.2) is 24.3 Å². The van der Waals surface area contributed by atoms with Crippen molar-refractivity contribution in [3.8, 4) is 0 Å². The molecule has 1 heterocycles. The van der Waals surface area contributed by atoms with E-state index in [0.717, 1.165) is 17.0 Å². The second kappa shape index (κ2) is 7.85. The van der Waals surface area contributed by atoms with Crippen LogP contribution in [-0.2, 0) is 16.0 Å². The van der Waals surface area contributed by atoms with E-state index in [2.05, 4.69) is 46.8 Å². The van der Waals surface area contributed by atoms with Crippen molar-refractivity contribution < 1.29 is 9.59 Å². The van der Waals surface area contributed by atoms with E-state index in [0.29, 0.717) is 5.13 Å². The van der Waals surface area contributed by atoms with E-state index in [1.165, 1.54) is 22.5 Å². The number of aryl methyl sites for hydroxylation is 2. The molecule has 0 unspecified atom stereocenters. The zero-order valence-electron chi connectivity index (χ0n) is 13.2. The molecule has 0 saturated carbocycles. The van der Waals surface area contributed by atoms with Crippen LogP contribution in [0.2, 0.25) is 0 Å². The minimum atomic E-state index is -0.365. The van der Waals surface area contributed by atoms with Crippen LogP contribution in [0, 0.1) is 13.8 Å². The monoisotopic (exact) mass is 332 g/mol. The van der Waals surface area contributed by atoms with Crippen LogP contribution in [0.4, 0.5) is 5.13 Å². The predicted molar refractivity (Wildman–Crippen MR) is 91.5 cm³/mol. The molecule has 2 aromatic rings. The van der Waals surface area contributed by atoms with E-state index < -0.39 is 0 Å². The summed E-state index contributed by atoms with van der Waals surface area (Å²) in [7, 11) is 0. The fraction of sp³-hybridized carbons (Fsp3) is 0.312. The number of nitrogens with one attached hydrogen (secondary N) is 2. The van der Waals surface area contributed by atoms with Gasteiger partial charge < -0.3 is 16.4 Å². The van der Waals surface area contributed by atoms with Gasteiger partial charge in [-0.25, -0.2) is 4.98 Å². The Balaban J connectivity index is 1.96. The molecule has 0 saturated heterocycles. The maximum absolute atomic E-state index is 11.7. The fourth-order valence-corrected chi connectivity index (χ4v) is 2.96. The Kier molecular flexibility index (Phi) is 5.84. The number of benzene rings is 1. The van der Waals surface area contributed by atoms with Crippen LogP contribution in [0.5, 0.6) is 0 Å². The maximum Gasteiger partial charge on any atom is 0.245 e. The van der Waals surface area contributed by atoms with Crippen molar-refractivity contribution in [1.29, 1.82) is 0 Å². The highest BCUT2D eigenvalue weighted by Gasteiger charge is 2.11. The Morgan fingerprint density at radius 2 is 1.87 bits per heavy atom. The third kappa shape index (κ3) is 5.15. The lowest BCUT2D eigenvalue weighted by Crippen LogP contribution is -2.36. The van der Waals surface area contributed by atoms with Gasteiger partial charge in [-0.15, -0.1) is 11.3 Å². The number of rotatable bonds is 6. The van der Waals surface area contributed by atoms with Crippen molar-refractivity contribution in [2.75, 3.05) is 18.4 Å². The van der Waals surface area contributed by atoms with Gasteiger partial charge in [-0.2, -0.15) is 0 Å². The molecule has 0 aliphatic heterocycles. The minimum absolute atomic E-state index is 0.109. The van der Waals surface area contributed by atoms with Gasteiger partial charge in [-0.1, -0.05) is 29.8 Å². The van der Waals surface area contributed by atoms with Crippen LogP contribution in [0.1, 0.15) is 21.7 Å². The quantitative estimate of drug-likeness (QED) is 0.744. The molecule has 0 fully saturated rings. The van der Waals surface area contributed by atoms with Crippen molar-refractivity contribution in [3.05, 3.63) is 46.0 Å². The summed E-state index contributed by atoms with van der Waals surface area (Å²) >= 11 is 1.45. The van der Waals surface area contributed by atoms with E-state index in [9.17, 15) is 9.59 Å². The molecule has 0 bridgehead atoms. The molecule has 2 rings (SSSR count). The summed E-state index contributed by atoms with van der Waals surface area (Å²) in [4.78, 5) is 28.2. The normalized spacial score (nSPS) is 10.4. The van der Waals surface area contributed by atoms with E-state index in [1.54, 1.807) is 0 Å². The summed E-state index contributed by atoms with van der Waals surface area (Å²) in [6.45, 7) is 3.73. The molecule has 1 aromatic heterocycles. The van der Waals surface area contributed by atoms with E-state index >= 15 is 0 Å². The molecule has 23 heavy (non-hydrogen) atoms. The van der Waals surface area contributed by atoms with E-state index in [-0.39, 0.29) is 24.9 Å². The van der Waals surface area contributed by atoms with Crippen LogP contribution < -0.4 is 16.4 Å². The average Bonchev–Trinajstić information content (AvgIpc) is 2.86. The number of carbonyl (C=O) groups is 2. The molecule has 2 amide bonds. The molecule has 7 heteroatoms. The first-order valence-electron chi connectivity index (χ1n) is 7.26. The zero-order chi connectivity index (χ0) is 16.8. The summed E-state index contributed by atoms with van der Waals surface area (Å²) < 4.78 is 0. The Hall–Kier alpha value is -2.25. The molecule has 0 atom stereocenters. The summed E-state index contributed by atoms with van der Waals surface area (Å²) in [5.74, 6) is -0.682. The number of aromatic nitrogens is 1. The van der Waals surface area contributed by atoms with Gasteiger partial charge in [-0.05, 0) is 19.4 Å². The van der Waals surface area contributed by atoms with Crippen molar-refractivity contribution >= 4 is 28.3 Å². The standard InChI is InChI=1S/C16H20N4O2S/c1-10-3-5-12(6-4-10)7-13-11(2)19-16(23-13)20-15(22)9-18-14(21)8-17/h3-6H,7-9,17H2,1-2H3,(H,18,21)(H,19,20,22). The Bertz CT molecular complexity index is 695. The number of nitrogens with two attached hydrogens (primary N) is 1. The molecule has 0 aliphatic carbocycles. The minimum Gasteiger partial charge on any atom is -0.346 e. The topological polar surface area (TPSA) is 97.1 Å². The third-order valence-corrected chi connectivity index (χ3v) is 4.33. The molecule has 0 radical (unpaired) electrons. The van der Waals surface area contributed by atoms with Gasteiger partial charge in [0.25, 0.3) is 0 Å². The number of hydrogen-bond donors (Lipinski definition) is 3. The molecule has 0 aliphatic rings. The lowest BCUT2D eigenvalue weighted by molar-refractivity contribution is -0.123. The summed E-state index contributed by atoms with van der Waals surface area (Å²) in [6.07, 6.45) is 0.781. The average molecular weight is 332 g/mol. The SMILES string of the molecule is Cc1ccc(Cc2sc(NC(=O)CNC(=O)CN)nc2C)cc1. The molecule has 0 spiro atoms. The first-order valence-corrected chi connectivity index (χ1v) is 8.08. The van der Waals surface area contributed by atoms with Crippen LogP contribution in [0.25, 0.3) is 0 Å². The molecule has 6 nitrogen and oxygen atoms in total. The number of nitrogens with zero attached hydrogens (tertiary/aromatic N) is 1. The van der Waals surface area contributed by atoms with Gasteiger partial charge in [0, 0.05) is 11.3 Å². The van der Waals surface area contributed by atoms with E-state index in [1.807, 2.05) is 6.92 Å². The van der Waals surface area contributed by atoms with Crippen molar-refractivity contribution in [3.63, 3.8) is 0 Å². The molecular weight excluding hydrogens is 312 g/mol. The summed E-state index contributed by atoms with van der Waals surface area (Å²) in [5, 5.41) is 5.65. The fourth-order valence-electron chi connectivity index (χ4n) is 1.95. The molecule has 4 N–H and O–H groups in total. The van der Waals surface area contributed by atoms with Crippen LogP contribution in [-0.4, -0.2) is 29.9 Å². The number of anilines is 1. The Labute approximate surface area is 139 Å². The zero-order valence-corrected chi connectivity index (χ0v) is 14.0. The first-order chi connectivity index (χ1) is 11.0. The van der Waals surface area contributed by atoms with Gasteiger partial charge in [-0.3, -0.25) is 9.59 Å². The third-order valence-electron chi connectivity index (χ3n) is 3.26. The molecule has 122 valence electrons. The Morgan fingerprint density at radius 1 is 1.17 bits per heavy atom. The second-order valence-electron chi connectivity index (χ2n) is 5.22. The highest BCUT2D eigenvalue weighted by Crippen LogP contribution is 2.25. The van der Waals surface area contributed by atoms with Gasteiger partial charge in [0.15, 0.2) is 5.13 Å². The lowest BCUT2D eigenvalue weighted by atomic mass is 10.1. The van der Waals surface area contributed by atoms with E-state index in [4.69, 9.17) is 5.73 Å². The highest BCUT2D eigenvalue weighted by atomic mass is 32.1. The number of amides is 2. The predicted octanol–water partition coefficient (Wildman–Crippen LogP) is 1.36.